The highest BCUT2D eigenvalue weighted by Gasteiger charge is 2.31. The second-order valence-electron chi connectivity index (χ2n) is 8.46. The average molecular weight is 480 g/mol. The number of ether oxygens (including phenoxy) is 1. The molecule has 1 heterocycles. The Hall–Kier alpha value is -3.72. The summed E-state index contributed by atoms with van der Waals surface area (Å²) in [6.45, 7) is 5.25. The number of aryl methyl sites for hydroxylation is 1. The number of alkyl carbamates (subject to hydrolysis) is 1. The minimum absolute atomic E-state index is 0.0537. The third-order valence-corrected chi connectivity index (χ3v) is 6.73. The zero-order valence-corrected chi connectivity index (χ0v) is 19.8. The van der Waals surface area contributed by atoms with E-state index in [2.05, 4.69) is 27.1 Å². The molecule has 176 valence electrons. The Morgan fingerprint density at radius 3 is 2.21 bits per heavy atom. The van der Waals surface area contributed by atoms with E-state index < -0.39 is 24.0 Å². The van der Waals surface area contributed by atoms with Gasteiger partial charge < -0.3 is 20.5 Å². The fraction of sp³-hybridized carbons (Fsp3) is 0.280. The molecule has 1 aliphatic carbocycles. The van der Waals surface area contributed by atoms with Gasteiger partial charge in [-0.05, 0) is 46.6 Å². The molecule has 4 rings (SSSR count). The lowest BCUT2D eigenvalue weighted by Crippen LogP contribution is -2.47. The van der Waals surface area contributed by atoms with Crippen molar-refractivity contribution in [2.75, 3.05) is 11.9 Å². The summed E-state index contributed by atoms with van der Waals surface area (Å²) in [6.07, 6.45) is -0.713. The number of hydrogen-bond donors (Lipinski definition) is 3. The predicted octanol–water partition coefficient (Wildman–Crippen LogP) is 4.65. The van der Waals surface area contributed by atoms with Gasteiger partial charge in [0.25, 0.3) is 0 Å². The Morgan fingerprint density at radius 2 is 1.65 bits per heavy atom. The van der Waals surface area contributed by atoms with Crippen LogP contribution in [0.25, 0.3) is 11.1 Å². The Labute approximate surface area is 201 Å². The van der Waals surface area contributed by atoms with E-state index in [4.69, 9.17) is 4.74 Å². The first kappa shape index (κ1) is 23.4. The second kappa shape index (κ2) is 9.64. The minimum Gasteiger partial charge on any atom is -0.478 e. The maximum absolute atomic E-state index is 12.9. The first-order chi connectivity index (χ1) is 16.3. The maximum atomic E-state index is 12.9. The lowest BCUT2D eigenvalue weighted by Gasteiger charge is -2.22. The van der Waals surface area contributed by atoms with E-state index in [1.807, 2.05) is 36.4 Å². The summed E-state index contributed by atoms with van der Waals surface area (Å²) in [4.78, 5) is 37.0. The molecule has 1 atom stereocenters. The van der Waals surface area contributed by atoms with Gasteiger partial charge in [-0.15, -0.1) is 0 Å². The monoisotopic (exact) mass is 479 g/mol. The molecule has 2 amide bonds. The van der Waals surface area contributed by atoms with Crippen molar-refractivity contribution in [1.29, 1.82) is 0 Å². The molecule has 1 aliphatic rings. The van der Waals surface area contributed by atoms with Crippen molar-refractivity contribution in [2.24, 2.45) is 5.92 Å². The van der Waals surface area contributed by atoms with E-state index in [0.717, 1.165) is 33.8 Å². The number of benzene rings is 2. The van der Waals surface area contributed by atoms with E-state index in [0.29, 0.717) is 5.69 Å². The van der Waals surface area contributed by atoms with Crippen molar-refractivity contribution < 1.29 is 24.2 Å². The average Bonchev–Trinajstić information content (AvgIpc) is 3.33. The number of aromatic nitrogens is 1. The zero-order valence-electron chi connectivity index (χ0n) is 19.0. The molecule has 0 aliphatic heterocycles. The van der Waals surface area contributed by atoms with Crippen molar-refractivity contribution in [1.82, 2.24) is 9.69 Å². The molecule has 1 aromatic heterocycles. The van der Waals surface area contributed by atoms with Gasteiger partial charge in [0.15, 0.2) is 0 Å². The van der Waals surface area contributed by atoms with Gasteiger partial charge in [-0.2, -0.15) is 4.37 Å². The number of anilines is 1. The first-order valence-corrected chi connectivity index (χ1v) is 11.7. The number of nitrogens with zero attached hydrogens (tertiary/aromatic N) is 1. The van der Waals surface area contributed by atoms with Crippen LogP contribution in [0.2, 0.25) is 0 Å². The Morgan fingerprint density at radius 1 is 1.06 bits per heavy atom. The summed E-state index contributed by atoms with van der Waals surface area (Å²) in [5.74, 6) is -2.06. The summed E-state index contributed by atoms with van der Waals surface area (Å²) in [5.41, 5.74) is 4.70. The third kappa shape index (κ3) is 4.51. The molecular formula is C25H25N3O5S. The van der Waals surface area contributed by atoms with E-state index >= 15 is 0 Å². The number of rotatable bonds is 7. The van der Waals surface area contributed by atoms with Gasteiger partial charge in [-0.25, -0.2) is 9.59 Å². The molecule has 3 N–H and O–H groups in total. The number of aromatic carboxylic acids is 1. The van der Waals surface area contributed by atoms with Gasteiger partial charge in [-0.3, -0.25) is 4.79 Å². The molecular weight excluding hydrogens is 454 g/mol. The van der Waals surface area contributed by atoms with Gasteiger partial charge >= 0.3 is 12.1 Å². The SMILES string of the molecule is Cc1nsc(NC(=O)[C@@H](NC(=O)OCC2c3ccccc3-c3ccccc32)C(C)C)c1C(=O)O. The number of carbonyl (C=O) groups is 3. The third-order valence-electron chi connectivity index (χ3n) is 5.88. The van der Waals surface area contributed by atoms with Crippen molar-refractivity contribution in [3.05, 3.63) is 70.9 Å². The molecule has 2 aromatic carbocycles. The Balaban J connectivity index is 1.43. The van der Waals surface area contributed by atoms with Gasteiger partial charge in [0.05, 0.1) is 5.69 Å². The topological polar surface area (TPSA) is 118 Å². The van der Waals surface area contributed by atoms with Crippen LogP contribution < -0.4 is 10.6 Å². The van der Waals surface area contributed by atoms with Crippen LogP contribution in [0.15, 0.2) is 48.5 Å². The molecule has 0 fully saturated rings. The normalized spacial score (nSPS) is 13.2. The van der Waals surface area contributed by atoms with E-state index in [9.17, 15) is 19.5 Å². The van der Waals surface area contributed by atoms with Crippen LogP contribution in [0.5, 0.6) is 0 Å². The first-order valence-electron chi connectivity index (χ1n) is 10.9. The van der Waals surface area contributed by atoms with Crippen molar-refractivity contribution in [2.45, 2.75) is 32.7 Å². The number of fused-ring (bicyclic) bond motifs is 3. The molecule has 8 nitrogen and oxygen atoms in total. The molecule has 3 aromatic rings. The van der Waals surface area contributed by atoms with Gasteiger partial charge in [0, 0.05) is 5.92 Å². The fourth-order valence-electron chi connectivity index (χ4n) is 4.20. The number of nitrogens with one attached hydrogen (secondary N) is 2. The number of carboxylic acids is 1. The van der Waals surface area contributed by atoms with Gasteiger partial charge in [-0.1, -0.05) is 62.4 Å². The van der Waals surface area contributed by atoms with Gasteiger partial charge in [0.1, 0.15) is 23.2 Å². The van der Waals surface area contributed by atoms with Gasteiger partial charge in [0.2, 0.25) is 5.91 Å². The van der Waals surface area contributed by atoms with Crippen molar-refractivity contribution in [3.8, 4) is 11.1 Å². The molecule has 0 unspecified atom stereocenters. The molecule has 0 bridgehead atoms. The highest BCUT2D eigenvalue weighted by atomic mass is 32.1. The smallest absolute Gasteiger partial charge is 0.407 e. The van der Waals surface area contributed by atoms with Crippen LogP contribution in [0, 0.1) is 12.8 Å². The summed E-state index contributed by atoms with van der Waals surface area (Å²) in [5, 5.41) is 14.7. The van der Waals surface area contributed by atoms with E-state index in [1.165, 1.54) is 0 Å². The maximum Gasteiger partial charge on any atom is 0.407 e. The Kier molecular flexibility index (Phi) is 6.65. The minimum atomic E-state index is -1.17. The van der Waals surface area contributed by atoms with Crippen LogP contribution in [0.1, 0.15) is 46.9 Å². The predicted molar refractivity (Wildman–Crippen MR) is 129 cm³/mol. The molecule has 0 radical (unpaired) electrons. The van der Waals surface area contributed by atoms with Crippen LogP contribution >= 0.6 is 11.5 Å². The molecule has 0 saturated heterocycles. The number of amides is 2. The lowest BCUT2D eigenvalue weighted by molar-refractivity contribution is -0.119. The van der Waals surface area contributed by atoms with Crippen molar-refractivity contribution in [3.63, 3.8) is 0 Å². The fourth-order valence-corrected chi connectivity index (χ4v) is 4.99. The Bertz CT molecular complexity index is 1210. The highest BCUT2D eigenvalue weighted by molar-refractivity contribution is 7.11. The molecule has 34 heavy (non-hydrogen) atoms. The summed E-state index contributed by atoms with van der Waals surface area (Å²) in [6, 6.07) is 15.1. The molecule has 0 spiro atoms. The summed E-state index contributed by atoms with van der Waals surface area (Å²) < 4.78 is 9.55. The van der Waals surface area contributed by atoms with Crippen molar-refractivity contribution >= 4 is 34.5 Å². The standard InChI is InChI=1S/C25H25N3O5S/c1-13(2)21(22(29)27-23-20(24(30)31)14(3)28-34-23)26-25(32)33-12-19-17-10-6-4-8-15(17)16-9-5-7-11-18(16)19/h4-11,13,19,21H,12H2,1-3H3,(H,26,32)(H,27,29)(H,30,31)/t21-/m0/s1. The largest absolute Gasteiger partial charge is 0.478 e. The van der Waals surface area contributed by atoms with Crippen LogP contribution in [-0.4, -0.2) is 40.1 Å². The number of carbonyl (C=O) groups excluding carboxylic acids is 2. The quantitative estimate of drug-likeness (QED) is 0.454. The lowest BCUT2D eigenvalue weighted by atomic mass is 9.98. The summed E-state index contributed by atoms with van der Waals surface area (Å²) in [7, 11) is 0. The van der Waals surface area contributed by atoms with E-state index in [1.54, 1.807) is 20.8 Å². The molecule has 0 saturated carbocycles. The number of hydrogen-bond acceptors (Lipinski definition) is 6. The summed E-state index contributed by atoms with van der Waals surface area (Å²) >= 11 is 0.888. The van der Waals surface area contributed by atoms with E-state index in [-0.39, 0.29) is 29.0 Å². The van der Waals surface area contributed by atoms with Crippen LogP contribution in [0.4, 0.5) is 9.80 Å². The van der Waals surface area contributed by atoms with Crippen LogP contribution in [0.3, 0.4) is 0 Å². The zero-order chi connectivity index (χ0) is 24.4. The number of carboxylic acid groups (broad SMARTS) is 1. The highest BCUT2D eigenvalue weighted by Crippen LogP contribution is 2.44. The second-order valence-corrected chi connectivity index (χ2v) is 9.23. The van der Waals surface area contributed by atoms with Crippen LogP contribution in [-0.2, 0) is 9.53 Å². The molecule has 9 heteroatoms.